The summed E-state index contributed by atoms with van der Waals surface area (Å²) < 4.78 is 5.39. The highest BCUT2D eigenvalue weighted by atomic mass is 16.5. The highest BCUT2D eigenvalue weighted by molar-refractivity contribution is 4.59. The van der Waals surface area contributed by atoms with E-state index in [0.29, 0.717) is 0 Å². The number of hydrogen-bond acceptors (Lipinski definition) is 3. The lowest BCUT2D eigenvalue weighted by Crippen LogP contribution is -2.47. The molecule has 1 aliphatic rings. The third-order valence-corrected chi connectivity index (χ3v) is 4.31. The topological polar surface area (TPSA) is 15.7 Å². The molecule has 0 N–H and O–H groups in total. The molecule has 0 aromatic carbocycles. The molecule has 120 valence electrons. The zero-order chi connectivity index (χ0) is 14.5. The molecule has 1 aliphatic heterocycles. The van der Waals surface area contributed by atoms with Crippen LogP contribution in [-0.2, 0) is 4.74 Å². The first kappa shape index (κ1) is 17.9. The summed E-state index contributed by atoms with van der Waals surface area (Å²) in [5.74, 6) is 0. The summed E-state index contributed by atoms with van der Waals surface area (Å²) in [5, 5.41) is 4.82. The SMILES string of the molecule is CCCCCCCCCCCCN(C)N1CCOCC1. The fraction of sp³-hybridized carbons (Fsp3) is 1.00. The summed E-state index contributed by atoms with van der Waals surface area (Å²) in [6.07, 6.45) is 14.2. The third-order valence-electron chi connectivity index (χ3n) is 4.31. The van der Waals surface area contributed by atoms with Crippen molar-refractivity contribution in [2.24, 2.45) is 0 Å². The van der Waals surface area contributed by atoms with Crippen molar-refractivity contribution in [3.05, 3.63) is 0 Å². The molecule has 1 fully saturated rings. The fourth-order valence-electron chi connectivity index (χ4n) is 2.86. The number of unbranched alkanes of at least 4 members (excludes halogenated alkanes) is 9. The minimum absolute atomic E-state index is 0.891. The lowest BCUT2D eigenvalue weighted by molar-refractivity contribution is -0.0759. The lowest BCUT2D eigenvalue weighted by Gasteiger charge is -2.34. The molecule has 0 bridgehead atoms. The van der Waals surface area contributed by atoms with E-state index in [0.717, 1.165) is 26.3 Å². The van der Waals surface area contributed by atoms with Gasteiger partial charge in [0.25, 0.3) is 0 Å². The first-order chi connectivity index (χ1) is 9.84. The summed E-state index contributed by atoms with van der Waals surface area (Å²) in [4.78, 5) is 0. The molecule has 0 aromatic heterocycles. The van der Waals surface area contributed by atoms with E-state index in [9.17, 15) is 0 Å². The van der Waals surface area contributed by atoms with Crippen molar-refractivity contribution >= 4 is 0 Å². The van der Waals surface area contributed by atoms with Crippen molar-refractivity contribution in [2.45, 2.75) is 71.1 Å². The van der Waals surface area contributed by atoms with Crippen molar-refractivity contribution in [3.8, 4) is 0 Å². The average Bonchev–Trinajstić information content (AvgIpc) is 2.50. The van der Waals surface area contributed by atoms with Crippen LogP contribution in [0, 0.1) is 0 Å². The summed E-state index contributed by atoms with van der Waals surface area (Å²) in [5.41, 5.74) is 0. The van der Waals surface area contributed by atoms with Crippen LogP contribution < -0.4 is 0 Å². The summed E-state index contributed by atoms with van der Waals surface area (Å²) in [6, 6.07) is 0. The molecule has 0 spiro atoms. The Morgan fingerprint density at radius 1 is 0.800 bits per heavy atom. The number of nitrogens with zero attached hydrogens (tertiary/aromatic N) is 2. The summed E-state index contributed by atoms with van der Waals surface area (Å²) in [7, 11) is 2.22. The standard InChI is InChI=1S/C17H36N2O/c1-3-4-5-6-7-8-9-10-11-12-13-18(2)19-14-16-20-17-15-19/h3-17H2,1-2H3. The van der Waals surface area contributed by atoms with E-state index in [-0.39, 0.29) is 0 Å². The summed E-state index contributed by atoms with van der Waals surface area (Å²) >= 11 is 0. The molecule has 0 atom stereocenters. The van der Waals surface area contributed by atoms with E-state index in [1.165, 1.54) is 70.8 Å². The molecule has 1 saturated heterocycles. The largest absolute Gasteiger partial charge is 0.379 e. The second-order valence-corrected chi connectivity index (χ2v) is 6.13. The van der Waals surface area contributed by atoms with Gasteiger partial charge in [-0.3, -0.25) is 0 Å². The highest BCUT2D eigenvalue weighted by Gasteiger charge is 2.13. The second kappa shape index (κ2) is 12.6. The van der Waals surface area contributed by atoms with Gasteiger partial charge in [0.05, 0.1) is 13.2 Å². The number of hydrogen-bond donors (Lipinski definition) is 0. The molecule has 1 rings (SSSR count). The van der Waals surface area contributed by atoms with Crippen LogP contribution in [-0.4, -0.2) is 49.9 Å². The molecule has 0 unspecified atom stereocenters. The Balaban J connectivity index is 1.82. The zero-order valence-electron chi connectivity index (χ0n) is 13.9. The summed E-state index contributed by atoms with van der Waals surface area (Å²) in [6.45, 7) is 7.40. The van der Waals surface area contributed by atoms with E-state index >= 15 is 0 Å². The van der Waals surface area contributed by atoms with Crippen molar-refractivity contribution < 1.29 is 4.74 Å². The number of rotatable bonds is 12. The Kier molecular flexibility index (Phi) is 11.3. The maximum absolute atomic E-state index is 5.39. The maximum atomic E-state index is 5.39. The smallest absolute Gasteiger partial charge is 0.0608 e. The molecule has 0 aromatic rings. The number of morpholine rings is 1. The molecule has 0 saturated carbocycles. The lowest BCUT2D eigenvalue weighted by atomic mass is 10.1. The van der Waals surface area contributed by atoms with E-state index in [2.05, 4.69) is 24.0 Å². The quantitative estimate of drug-likeness (QED) is 0.502. The normalized spacial score (nSPS) is 16.9. The van der Waals surface area contributed by atoms with Crippen LogP contribution in [0.5, 0.6) is 0 Å². The predicted octanol–water partition coefficient (Wildman–Crippen LogP) is 4.09. The van der Waals surface area contributed by atoms with Gasteiger partial charge in [0.2, 0.25) is 0 Å². The maximum Gasteiger partial charge on any atom is 0.0608 e. The predicted molar refractivity (Wildman–Crippen MR) is 86.9 cm³/mol. The molecular formula is C17H36N2O. The first-order valence-electron chi connectivity index (χ1n) is 8.88. The Labute approximate surface area is 126 Å². The molecule has 1 heterocycles. The van der Waals surface area contributed by atoms with E-state index in [1.807, 2.05) is 0 Å². The van der Waals surface area contributed by atoms with E-state index in [1.54, 1.807) is 0 Å². The van der Waals surface area contributed by atoms with Gasteiger partial charge in [0.1, 0.15) is 0 Å². The Morgan fingerprint density at radius 3 is 1.85 bits per heavy atom. The van der Waals surface area contributed by atoms with Crippen LogP contribution >= 0.6 is 0 Å². The van der Waals surface area contributed by atoms with Crippen LogP contribution in [0.15, 0.2) is 0 Å². The monoisotopic (exact) mass is 284 g/mol. The average molecular weight is 284 g/mol. The molecule has 3 nitrogen and oxygen atoms in total. The minimum Gasteiger partial charge on any atom is -0.379 e. The van der Waals surface area contributed by atoms with Gasteiger partial charge in [0.15, 0.2) is 0 Å². The van der Waals surface area contributed by atoms with Crippen LogP contribution in [0.1, 0.15) is 71.1 Å². The van der Waals surface area contributed by atoms with Gasteiger partial charge in [-0.25, -0.2) is 10.0 Å². The van der Waals surface area contributed by atoms with Crippen LogP contribution in [0.4, 0.5) is 0 Å². The zero-order valence-corrected chi connectivity index (χ0v) is 13.9. The molecule has 20 heavy (non-hydrogen) atoms. The molecular weight excluding hydrogens is 248 g/mol. The first-order valence-corrected chi connectivity index (χ1v) is 8.88. The Hall–Kier alpha value is -0.120. The van der Waals surface area contributed by atoms with Gasteiger partial charge < -0.3 is 4.74 Å². The molecule has 0 aliphatic carbocycles. The number of hydrazine groups is 1. The van der Waals surface area contributed by atoms with Crippen molar-refractivity contribution in [1.82, 2.24) is 10.0 Å². The van der Waals surface area contributed by atoms with Crippen LogP contribution in [0.3, 0.4) is 0 Å². The number of ether oxygens (including phenoxy) is 1. The van der Waals surface area contributed by atoms with Crippen molar-refractivity contribution in [1.29, 1.82) is 0 Å². The van der Waals surface area contributed by atoms with Crippen LogP contribution in [0.2, 0.25) is 0 Å². The van der Waals surface area contributed by atoms with Crippen molar-refractivity contribution in [2.75, 3.05) is 39.9 Å². The van der Waals surface area contributed by atoms with E-state index < -0.39 is 0 Å². The van der Waals surface area contributed by atoms with Crippen molar-refractivity contribution in [3.63, 3.8) is 0 Å². The van der Waals surface area contributed by atoms with Gasteiger partial charge >= 0.3 is 0 Å². The second-order valence-electron chi connectivity index (χ2n) is 6.13. The molecule has 0 radical (unpaired) electrons. The Morgan fingerprint density at radius 2 is 1.30 bits per heavy atom. The van der Waals surface area contributed by atoms with Gasteiger partial charge in [-0.05, 0) is 6.42 Å². The minimum atomic E-state index is 0.891. The van der Waals surface area contributed by atoms with Gasteiger partial charge in [-0.15, -0.1) is 0 Å². The van der Waals surface area contributed by atoms with Gasteiger partial charge in [-0.2, -0.15) is 0 Å². The highest BCUT2D eigenvalue weighted by Crippen LogP contribution is 2.11. The Bertz CT molecular complexity index is 205. The fourth-order valence-corrected chi connectivity index (χ4v) is 2.86. The molecule has 0 amide bonds. The van der Waals surface area contributed by atoms with Gasteiger partial charge in [0, 0.05) is 26.7 Å². The van der Waals surface area contributed by atoms with E-state index in [4.69, 9.17) is 4.74 Å². The van der Waals surface area contributed by atoms with Gasteiger partial charge in [-0.1, -0.05) is 64.7 Å². The van der Waals surface area contributed by atoms with Crippen LogP contribution in [0.25, 0.3) is 0 Å². The molecule has 3 heteroatoms. The third kappa shape index (κ3) is 8.93.